The number of fused-ring (bicyclic) bond motifs is 1. The summed E-state index contributed by atoms with van der Waals surface area (Å²) in [4.78, 5) is 33.7. The van der Waals surface area contributed by atoms with Crippen LogP contribution in [0, 0.1) is 0 Å². The Kier molecular flexibility index (Phi) is 3.56. The number of Topliss-reactive ketones (excluding diaryl/α,β-unsaturated/α-hetero) is 2. The third-order valence-corrected chi connectivity index (χ3v) is 2.70. The van der Waals surface area contributed by atoms with Crippen LogP contribution >= 0.6 is 0 Å². The molecule has 0 bridgehead atoms. The largest absolute Gasteiger partial charge is 0.507 e. The average molecular weight is 276 g/mol. The van der Waals surface area contributed by atoms with Gasteiger partial charge in [-0.2, -0.15) is 0 Å². The highest BCUT2D eigenvalue weighted by atomic mass is 16.5. The van der Waals surface area contributed by atoms with Gasteiger partial charge in [0.05, 0.1) is 5.56 Å². The summed E-state index contributed by atoms with van der Waals surface area (Å²) in [6.45, 7) is 2.11. The van der Waals surface area contributed by atoms with E-state index in [1.54, 1.807) is 0 Å². The van der Waals surface area contributed by atoms with Gasteiger partial charge < -0.3 is 14.3 Å². The van der Waals surface area contributed by atoms with Crippen molar-refractivity contribution < 1.29 is 28.6 Å². The summed E-state index contributed by atoms with van der Waals surface area (Å²) in [5, 5.41) is 10.2. The SMILES string of the molecule is CC(=O)OCC(=O)c1cc2cc(C(C)=O)c(O)cc2o1. The van der Waals surface area contributed by atoms with Gasteiger partial charge in [0.1, 0.15) is 11.3 Å². The first-order valence-corrected chi connectivity index (χ1v) is 5.82. The first-order chi connectivity index (χ1) is 9.38. The van der Waals surface area contributed by atoms with Gasteiger partial charge >= 0.3 is 5.97 Å². The van der Waals surface area contributed by atoms with Gasteiger partial charge in [0.25, 0.3) is 0 Å². The molecule has 0 aliphatic carbocycles. The van der Waals surface area contributed by atoms with E-state index in [2.05, 4.69) is 4.74 Å². The summed E-state index contributed by atoms with van der Waals surface area (Å²) in [5.41, 5.74) is 0.427. The number of hydrogen-bond acceptors (Lipinski definition) is 6. The second-order valence-electron chi connectivity index (χ2n) is 4.28. The lowest BCUT2D eigenvalue weighted by atomic mass is 10.1. The van der Waals surface area contributed by atoms with Crippen molar-refractivity contribution in [2.45, 2.75) is 13.8 Å². The van der Waals surface area contributed by atoms with Crippen molar-refractivity contribution in [3.05, 3.63) is 29.5 Å². The number of rotatable bonds is 4. The molecule has 0 saturated carbocycles. The monoisotopic (exact) mass is 276 g/mol. The predicted molar refractivity (Wildman–Crippen MR) is 68.8 cm³/mol. The highest BCUT2D eigenvalue weighted by Gasteiger charge is 2.16. The first-order valence-electron chi connectivity index (χ1n) is 5.82. The quantitative estimate of drug-likeness (QED) is 0.678. The zero-order chi connectivity index (χ0) is 14.9. The fourth-order valence-corrected chi connectivity index (χ4v) is 1.73. The van der Waals surface area contributed by atoms with Gasteiger partial charge in [-0.05, 0) is 19.1 Å². The van der Waals surface area contributed by atoms with Crippen LogP contribution in [0.25, 0.3) is 11.0 Å². The fourth-order valence-electron chi connectivity index (χ4n) is 1.73. The second-order valence-corrected chi connectivity index (χ2v) is 4.28. The molecule has 0 aliphatic rings. The minimum Gasteiger partial charge on any atom is -0.507 e. The standard InChI is InChI=1S/C14H12O6/c1-7(15)10-3-9-4-14(12(18)6-19-8(2)16)20-13(9)5-11(10)17/h3-5,17H,6H2,1-2H3. The maximum atomic E-state index is 11.7. The molecule has 0 amide bonds. The van der Waals surface area contributed by atoms with Crippen molar-refractivity contribution in [3.8, 4) is 5.75 Å². The van der Waals surface area contributed by atoms with Crippen LogP contribution in [0.2, 0.25) is 0 Å². The molecule has 0 saturated heterocycles. The first kappa shape index (κ1) is 13.8. The van der Waals surface area contributed by atoms with Crippen molar-refractivity contribution in [2.24, 2.45) is 0 Å². The van der Waals surface area contributed by atoms with Crippen molar-refractivity contribution in [3.63, 3.8) is 0 Å². The van der Waals surface area contributed by atoms with E-state index >= 15 is 0 Å². The van der Waals surface area contributed by atoms with E-state index in [1.807, 2.05) is 0 Å². The van der Waals surface area contributed by atoms with Crippen molar-refractivity contribution in [2.75, 3.05) is 6.61 Å². The summed E-state index contributed by atoms with van der Waals surface area (Å²) in [5.74, 6) is -1.57. The molecule has 0 spiro atoms. The third-order valence-electron chi connectivity index (χ3n) is 2.70. The molecular weight excluding hydrogens is 264 g/mol. The van der Waals surface area contributed by atoms with Crippen LogP contribution in [-0.4, -0.2) is 29.2 Å². The van der Waals surface area contributed by atoms with Gasteiger partial charge in [-0.15, -0.1) is 0 Å². The number of ether oxygens (including phenoxy) is 1. The van der Waals surface area contributed by atoms with Crippen molar-refractivity contribution >= 4 is 28.5 Å². The number of esters is 1. The molecule has 1 heterocycles. The Morgan fingerprint density at radius 2 is 1.90 bits per heavy atom. The van der Waals surface area contributed by atoms with E-state index in [0.717, 1.165) is 0 Å². The summed E-state index contributed by atoms with van der Waals surface area (Å²) >= 11 is 0. The maximum absolute atomic E-state index is 11.7. The Hall–Kier alpha value is -2.63. The smallest absolute Gasteiger partial charge is 0.303 e. The number of aromatic hydroxyl groups is 1. The molecule has 0 aliphatic heterocycles. The topological polar surface area (TPSA) is 93.8 Å². The Morgan fingerprint density at radius 1 is 1.20 bits per heavy atom. The molecule has 104 valence electrons. The van der Waals surface area contributed by atoms with E-state index in [-0.39, 0.29) is 28.4 Å². The molecule has 2 aromatic rings. The van der Waals surface area contributed by atoms with E-state index in [0.29, 0.717) is 5.39 Å². The van der Waals surface area contributed by atoms with Crippen LogP contribution in [0.15, 0.2) is 22.6 Å². The maximum Gasteiger partial charge on any atom is 0.303 e. The lowest BCUT2D eigenvalue weighted by Gasteiger charge is -1.99. The lowest BCUT2D eigenvalue weighted by molar-refractivity contribution is -0.139. The molecule has 6 heteroatoms. The Labute approximate surface area is 113 Å². The zero-order valence-electron chi connectivity index (χ0n) is 10.9. The van der Waals surface area contributed by atoms with E-state index in [9.17, 15) is 19.5 Å². The normalized spacial score (nSPS) is 10.5. The van der Waals surface area contributed by atoms with Crippen molar-refractivity contribution in [1.82, 2.24) is 0 Å². The van der Waals surface area contributed by atoms with Gasteiger partial charge in [-0.25, -0.2) is 0 Å². The van der Waals surface area contributed by atoms with Gasteiger partial charge in [0.2, 0.25) is 5.78 Å². The molecule has 20 heavy (non-hydrogen) atoms. The number of ketones is 2. The molecule has 1 N–H and O–H groups in total. The molecule has 1 aromatic carbocycles. The van der Waals surface area contributed by atoms with Crippen LogP contribution in [-0.2, 0) is 9.53 Å². The van der Waals surface area contributed by atoms with Crippen LogP contribution in [0.1, 0.15) is 34.8 Å². The Morgan fingerprint density at radius 3 is 2.50 bits per heavy atom. The molecule has 2 rings (SSSR count). The number of hydrogen-bond donors (Lipinski definition) is 1. The summed E-state index contributed by atoms with van der Waals surface area (Å²) in [7, 11) is 0. The Balaban J connectivity index is 2.36. The van der Waals surface area contributed by atoms with E-state index in [1.165, 1.54) is 32.0 Å². The van der Waals surface area contributed by atoms with Crippen LogP contribution in [0.5, 0.6) is 5.75 Å². The number of carbonyl (C=O) groups is 3. The average Bonchev–Trinajstić information content (AvgIpc) is 2.77. The van der Waals surface area contributed by atoms with Crippen molar-refractivity contribution in [1.29, 1.82) is 0 Å². The number of furan rings is 1. The van der Waals surface area contributed by atoms with Crippen LogP contribution in [0.3, 0.4) is 0 Å². The van der Waals surface area contributed by atoms with Crippen LogP contribution in [0.4, 0.5) is 0 Å². The minimum atomic E-state index is -0.564. The fraction of sp³-hybridized carbons (Fsp3) is 0.214. The van der Waals surface area contributed by atoms with Crippen LogP contribution < -0.4 is 0 Å². The summed E-state index contributed by atoms with van der Waals surface area (Å²) in [6.07, 6.45) is 0. The third kappa shape index (κ3) is 2.69. The number of phenolic OH excluding ortho intramolecular Hbond substituents is 1. The molecule has 6 nitrogen and oxygen atoms in total. The van der Waals surface area contributed by atoms with E-state index < -0.39 is 18.4 Å². The molecule has 0 unspecified atom stereocenters. The zero-order valence-corrected chi connectivity index (χ0v) is 10.9. The number of benzene rings is 1. The van der Waals surface area contributed by atoms with Gasteiger partial charge in [0, 0.05) is 18.4 Å². The predicted octanol–water partition coefficient (Wildman–Crippen LogP) is 2.09. The molecule has 0 atom stereocenters. The number of phenols is 1. The van der Waals surface area contributed by atoms with Gasteiger partial charge in [-0.1, -0.05) is 0 Å². The molecule has 0 radical (unpaired) electrons. The molecular formula is C14H12O6. The second kappa shape index (κ2) is 5.16. The lowest BCUT2D eigenvalue weighted by Crippen LogP contribution is -2.10. The molecule has 1 aromatic heterocycles. The van der Waals surface area contributed by atoms with Gasteiger partial charge in [-0.3, -0.25) is 14.4 Å². The minimum absolute atomic E-state index is 0.00125. The summed E-state index contributed by atoms with van der Waals surface area (Å²) in [6, 6.07) is 4.15. The highest BCUT2D eigenvalue weighted by molar-refractivity contribution is 6.03. The molecule has 0 fully saturated rings. The number of carbonyl (C=O) groups excluding carboxylic acids is 3. The highest BCUT2D eigenvalue weighted by Crippen LogP contribution is 2.28. The van der Waals surface area contributed by atoms with Gasteiger partial charge in [0.15, 0.2) is 18.2 Å². The van der Waals surface area contributed by atoms with E-state index in [4.69, 9.17) is 4.42 Å². The summed E-state index contributed by atoms with van der Waals surface area (Å²) < 4.78 is 9.85. The Bertz CT molecular complexity index is 710.